The maximum Gasteiger partial charge on any atom is 0.119 e. The van der Waals surface area contributed by atoms with Crippen LogP contribution in [0.4, 0.5) is 0 Å². The Morgan fingerprint density at radius 3 is 2.44 bits per heavy atom. The highest BCUT2D eigenvalue weighted by molar-refractivity contribution is 6.30. The molecule has 0 amide bonds. The fourth-order valence-electron chi connectivity index (χ4n) is 1.74. The second-order valence-corrected chi connectivity index (χ2v) is 5.08. The van der Waals surface area contributed by atoms with Crippen LogP contribution in [0.2, 0.25) is 5.02 Å². The molecule has 0 heterocycles. The van der Waals surface area contributed by atoms with E-state index in [0.29, 0.717) is 12.5 Å². The minimum Gasteiger partial charge on any atom is -0.489 e. The fraction of sp³-hybridized carbons (Fsp3) is 0.250. The van der Waals surface area contributed by atoms with Gasteiger partial charge in [-0.25, -0.2) is 0 Å². The zero-order chi connectivity index (χ0) is 13.0. The summed E-state index contributed by atoms with van der Waals surface area (Å²) in [5.74, 6) is 1.38. The molecular formula is C16H17ClO. The summed E-state index contributed by atoms with van der Waals surface area (Å²) in [6.07, 6.45) is 0. The highest BCUT2D eigenvalue weighted by Gasteiger charge is 2.01. The van der Waals surface area contributed by atoms with Crippen molar-refractivity contribution in [3.63, 3.8) is 0 Å². The molecule has 2 heteroatoms. The monoisotopic (exact) mass is 260 g/mol. The summed E-state index contributed by atoms with van der Waals surface area (Å²) in [5, 5.41) is 0.726. The van der Waals surface area contributed by atoms with E-state index in [-0.39, 0.29) is 0 Å². The first-order valence-corrected chi connectivity index (χ1v) is 6.50. The van der Waals surface area contributed by atoms with E-state index in [4.69, 9.17) is 16.3 Å². The van der Waals surface area contributed by atoms with Gasteiger partial charge in [-0.3, -0.25) is 0 Å². The third kappa shape index (κ3) is 3.51. The van der Waals surface area contributed by atoms with Crippen molar-refractivity contribution < 1.29 is 4.74 Å². The van der Waals surface area contributed by atoms with Crippen LogP contribution in [0.5, 0.6) is 5.75 Å². The summed E-state index contributed by atoms with van der Waals surface area (Å²) < 4.78 is 5.72. The Hall–Kier alpha value is -1.47. The van der Waals surface area contributed by atoms with E-state index in [1.807, 2.05) is 24.3 Å². The third-order valence-corrected chi connectivity index (χ3v) is 3.09. The van der Waals surface area contributed by atoms with Gasteiger partial charge in [-0.05, 0) is 41.3 Å². The molecule has 2 aromatic carbocycles. The second kappa shape index (κ2) is 5.92. The van der Waals surface area contributed by atoms with E-state index >= 15 is 0 Å². The van der Waals surface area contributed by atoms with Gasteiger partial charge in [0.1, 0.15) is 12.4 Å². The number of halogens is 1. The highest BCUT2D eigenvalue weighted by Crippen LogP contribution is 2.19. The van der Waals surface area contributed by atoms with E-state index in [1.54, 1.807) is 0 Å². The van der Waals surface area contributed by atoms with E-state index in [9.17, 15) is 0 Å². The van der Waals surface area contributed by atoms with Gasteiger partial charge in [0.2, 0.25) is 0 Å². The van der Waals surface area contributed by atoms with Gasteiger partial charge in [-0.15, -0.1) is 0 Å². The first-order chi connectivity index (χ1) is 8.65. The average Bonchev–Trinajstić information content (AvgIpc) is 2.38. The molecule has 0 aliphatic carbocycles. The fourth-order valence-corrected chi connectivity index (χ4v) is 1.87. The predicted octanol–water partition coefficient (Wildman–Crippen LogP) is 5.04. The Kier molecular flexibility index (Phi) is 4.27. The molecule has 0 aliphatic heterocycles. The largest absolute Gasteiger partial charge is 0.489 e. The predicted molar refractivity (Wildman–Crippen MR) is 76.3 cm³/mol. The van der Waals surface area contributed by atoms with Gasteiger partial charge in [0, 0.05) is 5.02 Å². The average molecular weight is 261 g/mol. The minimum absolute atomic E-state index is 0.542. The van der Waals surface area contributed by atoms with Gasteiger partial charge >= 0.3 is 0 Å². The zero-order valence-corrected chi connectivity index (χ0v) is 11.4. The summed E-state index contributed by atoms with van der Waals surface area (Å²) in [6, 6.07) is 15.9. The molecule has 0 aromatic heterocycles. The quantitative estimate of drug-likeness (QED) is 0.748. The van der Waals surface area contributed by atoms with Crippen molar-refractivity contribution in [2.75, 3.05) is 0 Å². The van der Waals surface area contributed by atoms with Crippen LogP contribution in [-0.2, 0) is 6.61 Å². The maximum absolute atomic E-state index is 5.83. The molecule has 2 aromatic rings. The molecule has 0 saturated heterocycles. The number of hydrogen-bond donors (Lipinski definition) is 0. The molecule has 0 spiro atoms. The minimum atomic E-state index is 0.542. The molecule has 0 saturated carbocycles. The molecule has 0 atom stereocenters. The first kappa shape index (κ1) is 13.0. The van der Waals surface area contributed by atoms with Crippen LogP contribution >= 0.6 is 11.6 Å². The Morgan fingerprint density at radius 2 is 1.78 bits per heavy atom. The zero-order valence-electron chi connectivity index (χ0n) is 10.7. The Balaban J connectivity index is 2.01. The van der Waals surface area contributed by atoms with Crippen LogP contribution in [0.1, 0.15) is 30.9 Å². The number of rotatable bonds is 4. The standard InChI is InChI=1S/C16H17ClO/c1-12(2)14-5-3-4-13(10-14)11-18-16-8-6-15(17)7-9-16/h3-10,12H,11H2,1-2H3. The van der Waals surface area contributed by atoms with E-state index in [0.717, 1.165) is 10.8 Å². The van der Waals surface area contributed by atoms with Gasteiger partial charge in [-0.1, -0.05) is 49.7 Å². The van der Waals surface area contributed by atoms with E-state index < -0.39 is 0 Å². The van der Waals surface area contributed by atoms with Gasteiger partial charge in [0.15, 0.2) is 0 Å². The molecule has 0 radical (unpaired) electrons. The lowest BCUT2D eigenvalue weighted by Crippen LogP contribution is -1.97. The first-order valence-electron chi connectivity index (χ1n) is 6.12. The van der Waals surface area contributed by atoms with E-state index in [2.05, 4.69) is 38.1 Å². The smallest absolute Gasteiger partial charge is 0.119 e. The molecule has 0 unspecified atom stereocenters. The van der Waals surface area contributed by atoms with Crippen molar-refractivity contribution in [3.8, 4) is 5.75 Å². The molecule has 0 N–H and O–H groups in total. The Labute approximate surface area is 113 Å². The second-order valence-electron chi connectivity index (χ2n) is 4.64. The summed E-state index contributed by atoms with van der Waals surface area (Å²) in [7, 11) is 0. The van der Waals surface area contributed by atoms with Gasteiger partial charge in [0.25, 0.3) is 0 Å². The van der Waals surface area contributed by atoms with Crippen molar-refractivity contribution in [1.82, 2.24) is 0 Å². The number of ether oxygens (including phenoxy) is 1. The summed E-state index contributed by atoms with van der Waals surface area (Å²) in [5.41, 5.74) is 2.53. The molecule has 94 valence electrons. The maximum atomic E-state index is 5.83. The SMILES string of the molecule is CC(C)c1cccc(COc2ccc(Cl)cc2)c1. The summed E-state index contributed by atoms with van der Waals surface area (Å²) in [4.78, 5) is 0. The third-order valence-electron chi connectivity index (χ3n) is 2.84. The van der Waals surface area contributed by atoms with Gasteiger partial charge in [0.05, 0.1) is 0 Å². The molecule has 0 fully saturated rings. The summed E-state index contributed by atoms with van der Waals surface area (Å²) in [6.45, 7) is 4.97. The van der Waals surface area contributed by atoms with Crippen molar-refractivity contribution in [2.24, 2.45) is 0 Å². The Morgan fingerprint density at radius 1 is 1.06 bits per heavy atom. The molecule has 1 nitrogen and oxygen atoms in total. The molecule has 0 aliphatic rings. The molecular weight excluding hydrogens is 244 g/mol. The van der Waals surface area contributed by atoms with E-state index in [1.165, 1.54) is 11.1 Å². The summed E-state index contributed by atoms with van der Waals surface area (Å²) >= 11 is 5.83. The van der Waals surface area contributed by atoms with Gasteiger partial charge < -0.3 is 4.74 Å². The lowest BCUT2D eigenvalue weighted by atomic mass is 10.0. The van der Waals surface area contributed by atoms with Crippen LogP contribution in [0, 0.1) is 0 Å². The van der Waals surface area contributed by atoms with Crippen LogP contribution in [0.25, 0.3) is 0 Å². The van der Waals surface area contributed by atoms with Crippen molar-refractivity contribution in [1.29, 1.82) is 0 Å². The Bertz CT molecular complexity index is 503. The van der Waals surface area contributed by atoms with Crippen LogP contribution in [-0.4, -0.2) is 0 Å². The number of hydrogen-bond acceptors (Lipinski definition) is 1. The lowest BCUT2D eigenvalue weighted by Gasteiger charge is -2.09. The van der Waals surface area contributed by atoms with Crippen molar-refractivity contribution in [3.05, 3.63) is 64.7 Å². The molecule has 0 bridgehead atoms. The highest BCUT2D eigenvalue weighted by atomic mass is 35.5. The van der Waals surface area contributed by atoms with Crippen molar-refractivity contribution in [2.45, 2.75) is 26.4 Å². The van der Waals surface area contributed by atoms with Crippen LogP contribution in [0.15, 0.2) is 48.5 Å². The normalized spacial score (nSPS) is 10.7. The van der Waals surface area contributed by atoms with Crippen molar-refractivity contribution >= 4 is 11.6 Å². The molecule has 2 rings (SSSR count). The number of benzene rings is 2. The van der Waals surface area contributed by atoms with Crippen LogP contribution in [0.3, 0.4) is 0 Å². The molecule has 18 heavy (non-hydrogen) atoms. The lowest BCUT2D eigenvalue weighted by molar-refractivity contribution is 0.306. The topological polar surface area (TPSA) is 9.23 Å². The van der Waals surface area contributed by atoms with Gasteiger partial charge in [-0.2, -0.15) is 0 Å². The van der Waals surface area contributed by atoms with Crippen LogP contribution < -0.4 is 4.74 Å².